The van der Waals surface area contributed by atoms with Gasteiger partial charge in [-0.3, -0.25) is 5.10 Å². The van der Waals surface area contributed by atoms with Gasteiger partial charge in [0.05, 0.1) is 12.3 Å². The Bertz CT molecular complexity index is 315. The minimum Gasteiger partial charge on any atom is -0.388 e. The molecule has 4 heteroatoms. The summed E-state index contributed by atoms with van der Waals surface area (Å²) in [6, 6.07) is 0. The Kier molecular flexibility index (Phi) is 2.95. The molecule has 0 radical (unpaired) electrons. The van der Waals surface area contributed by atoms with Crippen molar-refractivity contribution in [3.05, 3.63) is 11.8 Å². The quantitative estimate of drug-likeness (QED) is 0.695. The molecule has 0 bridgehead atoms. The molecule has 4 nitrogen and oxygen atoms in total. The third kappa shape index (κ3) is 2.15. The van der Waals surface area contributed by atoms with E-state index in [9.17, 15) is 5.11 Å². The molecule has 15 heavy (non-hydrogen) atoms. The molecule has 0 saturated heterocycles. The number of H-pyrrole nitrogens is 1. The Balaban J connectivity index is 2.02. The zero-order valence-electron chi connectivity index (χ0n) is 9.11. The summed E-state index contributed by atoms with van der Waals surface area (Å²) in [7, 11) is 0. The number of anilines is 1. The molecule has 1 saturated carbocycles. The molecule has 1 aromatic rings. The van der Waals surface area contributed by atoms with Gasteiger partial charge in [-0.1, -0.05) is 19.8 Å². The maximum Gasteiger partial charge on any atom is 0.124 e. The zero-order chi connectivity index (χ0) is 10.8. The number of nitrogen functional groups attached to an aromatic ring is 1. The molecule has 0 amide bonds. The number of nitrogens with zero attached hydrogens (tertiary/aromatic N) is 1. The van der Waals surface area contributed by atoms with Gasteiger partial charge in [0.1, 0.15) is 5.82 Å². The number of nitrogens with one attached hydrogen (secondary N) is 1. The zero-order valence-corrected chi connectivity index (χ0v) is 9.11. The predicted molar refractivity (Wildman–Crippen MR) is 59.1 cm³/mol. The summed E-state index contributed by atoms with van der Waals surface area (Å²) in [4.78, 5) is 0. The van der Waals surface area contributed by atoms with Crippen molar-refractivity contribution < 1.29 is 5.11 Å². The molecule has 1 aromatic heterocycles. The highest BCUT2D eigenvalue weighted by molar-refractivity contribution is 5.38. The van der Waals surface area contributed by atoms with Gasteiger partial charge in [-0.05, 0) is 24.7 Å². The first-order valence-electron chi connectivity index (χ1n) is 5.65. The third-order valence-corrected chi connectivity index (χ3v) is 3.53. The van der Waals surface area contributed by atoms with Crippen LogP contribution >= 0.6 is 0 Å². The lowest BCUT2D eigenvalue weighted by atomic mass is 9.79. The van der Waals surface area contributed by atoms with Crippen molar-refractivity contribution in [2.24, 2.45) is 11.8 Å². The maximum absolute atomic E-state index is 10.2. The molecule has 1 fully saturated rings. The van der Waals surface area contributed by atoms with E-state index < -0.39 is 6.10 Å². The van der Waals surface area contributed by atoms with Gasteiger partial charge in [0, 0.05) is 5.56 Å². The molecule has 4 N–H and O–H groups in total. The average Bonchev–Trinajstić information content (AvgIpc) is 2.65. The number of aliphatic hydroxyl groups is 1. The standard InChI is InChI=1S/C11H19N3O/c1-7-2-4-8(5-3-7)10(15)9-6-13-14-11(9)12/h6-8,10,15H,2-5H2,1H3,(H3,12,13,14). The van der Waals surface area contributed by atoms with Crippen LogP contribution in [0.4, 0.5) is 5.82 Å². The topological polar surface area (TPSA) is 74.9 Å². The van der Waals surface area contributed by atoms with Crippen LogP contribution < -0.4 is 5.73 Å². The van der Waals surface area contributed by atoms with E-state index >= 15 is 0 Å². The molecule has 84 valence electrons. The van der Waals surface area contributed by atoms with Gasteiger partial charge in [-0.2, -0.15) is 5.10 Å². The van der Waals surface area contributed by atoms with Crippen molar-refractivity contribution in [2.75, 3.05) is 5.73 Å². The van der Waals surface area contributed by atoms with Crippen LogP contribution in [-0.2, 0) is 0 Å². The highest BCUT2D eigenvalue weighted by atomic mass is 16.3. The molecule has 1 heterocycles. The van der Waals surface area contributed by atoms with E-state index in [1.165, 1.54) is 12.8 Å². The number of hydrogen-bond acceptors (Lipinski definition) is 3. The number of nitrogens with two attached hydrogens (primary N) is 1. The minimum atomic E-state index is -0.448. The molecule has 0 spiro atoms. The van der Waals surface area contributed by atoms with Crippen LogP contribution in [0.2, 0.25) is 0 Å². The number of aliphatic hydroxyl groups excluding tert-OH is 1. The van der Waals surface area contributed by atoms with Gasteiger partial charge in [0.25, 0.3) is 0 Å². The molecular formula is C11H19N3O. The van der Waals surface area contributed by atoms with Crippen LogP contribution in [0.1, 0.15) is 44.3 Å². The summed E-state index contributed by atoms with van der Waals surface area (Å²) in [5.74, 6) is 1.65. The van der Waals surface area contributed by atoms with Crippen LogP contribution in [0, 0.1) is 11.8 Å². The van der Waals surface area contributed by atoms with E-state index in [1.807, 2.05) is 0 Å². The summed E-state index contributed by atoms with van der Waals surface area (Å²) in [6.07, 6.45) is 5.79. The van der Waals surface area contributed by atoms with Crippen molar-refractivity contribution in [1.29, 1.82) is 0 Å². The molecule has 0 aromatic carbocycles. The van der Waals surface area contributed by atoms with Gasteiger partial charge in [0.2, 0.25) is 0 Å². The first kappa shape index (κ1) is 10.5. The highest BCUT2D eigenvalue weighted by Crippen LogP contribution is 2.37. The average molecular weight is 209 g/mol. The Morgan fingerprint density at radius 1 is 1.47 bits per heavy atom. The fraction of sp³-hybridized carbons (Fsp3) is 0.727. The van der Waals surface area contributed by atoms with E-state index in [-0.39, 0.29) is 0 Å². The number of hydrogen-bond donors (Lipinski definition) is 3. The summed E-state index contributed by atoms with van der Waals surface area (Å²) >= 11 is 0. The second-order valence-electron chi connectivity index (χ2n) is 4.70. The van der Waals surface area contributed by atoms with Gasteiger partial charge < -0.3 is 10.8 Å². The summed E-state index contributed by atoms with van der Waals surface area (Å²) in [5.41, 5.74) is 6.46. The van der Waals surface area contributed by atoms with E-state index in [0.717, 1.165) is 24.3 Å². The van der Waals surface area contributed by atoms with Crippen molar-refractivity contribution in [3.8, 4) is 0 Å². The monoisotopic (exact) mass is 209 g/mol. The lowest BCUT2D eigenvalue weighted by Gasteiger charge is -2.29. The Morgan fingerprint density at radius 2 is 2.13 bits per heavy atom. The SMILES string of the molecule is CC1CCC(C(O)c2cn[nH]c2N)CC1. The van der Waals surface area contributed by atoms with Crippen molar-refractivity contribution in [2.45, 2.75) is 38.7 Å². The maximum atomic E-state index is 10.2. The van der Waals surface area contributed by atoms with Crippen molar-refractivity contribution in [1.82, 2.24) is 10.2 Å². The van der Waals surface area contributed by atoms with Gasteiger partial charge in [-0.25, -0.2) is 0 Å². The largest absolute Gasteiger partial charge is 0.388 e. The van der Waals surface area contributed by atoms with Crippen LogP contribution in [0.25, 0.3) is 0 Å². The lowest BCUT2D eigenvalue weighted by molar-refractivity contribution is 0.0761. The Morgan fingerprint density at radius 3 is 2.67 bits per heavy atom. The predicted octanol–water partition coefficient (Wildman–Crippen LogP) is 1.85. The second-order valence-corrected chi connectivity index (χ2v) is 4.70. The molecular weight excluding hydrogens is 190 g/mol. The van der Waals surface area contributed by atoms with Gasteiger partial charge in [-0.15, -0.1) is 0 Å². The first-order chi connectivity index (χ1) is 7.18. The number of aromatic amines is 1. The van der Waals surface area contributed by atoms with E-state index in [1.54, 1.807) is 6.20 Å². The molecule has 0 aliphatic heterocycles. The van der Waals surface area contributed by atoms with Crippen molar-refractivity contribution in [3.63, 3.8) is 0 Å². The molecule has 1 aliphatic rings. The number of rotatable bonds is 2. The normalized spacial score (nSPS) is 28.9. The highest BCUT2D eigenvalue weighted by Gasteiger charge is 2.27. The second kappa shape index (κ2) is 4.23. The molecule has 1 aliphatic carbocycles. The summed E-state index contributed by atoms with van der Waals surface area (Å²) < 4.78 is 0. The minimum absolute atomic E-state index is 0.348. The smallest absolute Gasteiger partial charge is 0.124 e. The molecule has 1 unspecified atom stereocenters. The van der Waals surface area contributed by atoms with Crippen molar-refractivity contribution >= 4 is 5.82 Å². The molecule has 2 rings (SSSR count). The van der Waals surface area contributed by atoms with Crippen LogP contribution in [0.3, 0.4) is 0 Å². The first-order valence-corrected chi connectivity index (χ1v) is 5.65. The fourth-order valence-electron chi connectivity index (χ4n) is 2.40. The van der Waals surface area contributed by atoms with E-state index in [4.69, 9.17) is 5.73 Å². The molecule has 1 atom stereocenters. The Hall–Kier alpha value is -1.03. The van der Waals surface area contributed by atoms with Crippen LogP contribution in [-0.4, -0.2) is 15.3 Å². The third-order valence-electron chi connectivity index (χ3n) is 3.53. The van der Waals surface area contributed by atoms with Gasteiger partial charge in [0.15, 0.2) is 0 Å². The van der Waals surface area contributed by atoms with E-state index in [2.05, 4.69) is 17.1 Å². The van der Waals surface area contributed by atoms with Gasteiger partial charge >= 0.3 is 0 Å². The lowest BCUT2D eigenvalue weighted by Crippen LogP contribution is -2.19. The Labute approximate surface area is 89.9 Å². The summed E-state index contributed by atoms with van der Waals surface area (Å²) in [6.45, 7) is 2.27. The van der Waals surface area contributed by atoms with Crippen LogP contribution in [0.5, 0.6) is 0 Å². The summed E-state index contributed by atoms with van der Waals surface area (Å²) in [5, 5.41) is 16.7. The fourth-order valence-corrected chi connectivity index (χ4v) is 2.40. The number of aromatic nitrogens is 2. The van der Waals surface area contributed by atoms with E-state index in [0.29, 0.717) is 11.7 Å². The van der Waals surface area contributed by atoms with Crippen LogP contribution in [0.15, 0.2) is 6.20 Å².